The lowest BCUT2D eigenvalue weighted by Crippen LogP contribution is -2.41. The van der Waals surface area contributed by atoms with Gasteiger partial charge in [-0.05, 0) is 52.2 Å². The summed E-state index contributed by atoms with van der Waals surface area (Å²) in [4.78, 5) is 28.1. The average molecular weight is 472 g/mol. The molecule has 0 saturated carbocycles. The molecule has 2 saturated heterocycles. The SMILES string of the molecule is CCOC(=O)c1c(O)c2cc(B3OC(C)(C)C(C)(C)O3)ccc2n(CCN2CCOCC2)c1=O. The van der Waals surface area contributed by atoms with E-state index in [0.29, 0.717) is 42.7 Å². The molecule has 4 rings (SSSR count). The fourth-order valence-electron chi connectivity index (χ4n) is 4.26. The number of carbonyl (C=O) groups excluding carboxylic acids is 1. The summed E-state index contributed by atoms with van der Waals surface area (Å²) >= 11 is 0. The summed E-state index contributed by atoms with van der Waals surface area (Å²) in [6.45, 7) is 13.4. The molecule has 2 aromatic rings. The summed E-state index contributed by atoms with van der Waals surface area (Å²) < 4.78 is 24.3. The molecule has 184 valence electrons. The minimum Gasteiger partial charge on any atom is -0.506 e. The lowest BCUT2D eigenvalue weighted by molar-refractivity contribution is 0.00578. The molecule has 34 heavy (non-hydrogen) atoms. The second-order valence-corrected chi connectivity index (χ2v) is 9.72. The number of hydrogen-bond acceptors (Lipinski definition) is 8. The number of benzene rings is 1. The number of ether oxygens (including phenoxy) is 2. The monoisotopic (exact) mass is 472 g/mol. The van der Waals surface area contributed by atoms with Gasteiger partial charge in [-0.2, -0.15) is 0 Å². The van der Waals surface area contributed by atoms with Gasteiger partial charge in [-0.25, -0.2) is 4.79 Å². The van der Waals surface area contributed by atoms with Crippen molar-refractivity contribution in [1.29, 1.82) is 0 Å². The maximum absolute atomic E-state index is 13.3. The normalized spacial score (nSPS) is 20.1. The molecular weight excluding hydrogens is 439 g/mol. The summed E-state index contributed by atoms with van der Waals surface area (Å²) in [7, 11) is -0.645. The van der Waals surface area contributed by atoms with Crippen LogP contribution in [0.25, 0.3) is 10.9 Å². The largest absolute Gasteiger partial charge is 0.506 e. The Bertz CT molecular complexity index is 1120. The van der Waals surface area contributed by atoms with E-state index < -0.39 is 29.8 Å². The van der Waals surface area contributed by atoms with Crippen LogP contribution in [0.15, 0.2) is 23.0 Å². The van der Waals surface area contributed by atoms with Gasteiger partial charge >= 0.3 is 13.1 Å². The summed E-state index contributed by atoms with van der Waals surface area (Å²) in [5.74, 6) is -1.23. The standard InChI is InChI=1S/C24H33BN2O7/c1-6-32-22(30)19-20(28)17-15-16(25-33-23(2,3)24(4,5)34-25)7-8-18(17)27(21(19)29)10-9-26-11-13-31-14-12-26/h7-8,15,28H,6,9-14H2,1-5H3. The van der Waals surface area contributed by atoms with Crippen LogP contribution in [-0.4, -0.2) is 78.3 Å². The first-order valence-electron chi connectivity index (χ1n) is 11.8. The van der Waals surface area contributed by atoms with E-state index >= 15 is 0 Å². The lowest BCUT2D eigenvalue weighted by atomic mass is 9.78. The Labute approximate surface area is 199 Å². The Balaban J connectivity index is 1.78. The van der Waals surface area contributed by atoms with Crippen molar-refractivity contribution in [1.82, 2.24) is 9.47 Å². The van der Waals surface area contributed by atoms with E-state index in [1.165, 1.54) is 4.57 Å². The summed E-state index contributed by atoms with van der Waals surface area (Å²) in [6, 6.07) is 5.32. The third-order valence-electron chi connectivity index (χ3n) is 7.01. The first-order valence-corrected chi connectivity index (χ1v) is 11.8. The summed E-state index contributed by atoms with van der Waals surface area (Å²) in [6.07, 6.45) is 0. The predicted octanol–water partition coefficient (Wildman–Crippen LogP) is 1.52. The number of pyridine rings is 1. The summed E-state index contributed by atoms with van der Waals surface area (Å²) in [5, 5.41) is 11.4. The molecule has 0 radical (unpaired) electrons. The molecule has 0 spiro atoms. The minimum absolute atomic E-state index is 0.0947. The number of hydrogen-bond donors (Lipinski definition) is 1. The predicted molar refractivity (Wildman–Crippen MR) is 129 cm³/mol. The van der Waals surface area contributed by atoms with E-state index in [4.69, 9.17) is 18.8 Å². The van der Waals surface area contributed by atoms with Gasteiger partial charge in [0.2, 0.25) is 0 Å². The smallest absolute Gasteiger partial charge is 0.494 e. The van der Waals surface area contributed by atoms with Crippen LogP contribution in [0.1, 0.15) is 45.0 Å². The molecule has 0 amide bonds. The summed E-state index contributed by atoms with van der Waals surface area (Å²) in [5.41, 5.74) is -0.759. The highest BCUT2D eigenvalue weighted by atomic mass is 16.7. The fraction of sp³-hybridized carbons (Fsp3) is 0.583. The third kappa shape index (κ3) is 4.47. The Morgan fingerprint density at radius 2 is 1.76 bits per heavy atom. The van der Waals surface area contributed by atoms with Crippen LogP contribution in [0.2, 0.25) is 0 Å². The molecular formula is C24H33BN2O7. The first kappa shape index (κ1) is 24.7. The molecule has 1 aromatic heterocycles. The van der Waals surface area contributed by atoms with Crippen molar-refractivity contribution in [3.63, 3.8) is 0 Å². The van der Waals surface area contributed by atoms with Gasteiger partial charge in [0.1, 0.15) is 5.75 Å². The van der Waals surface area contributed by atoms with Crippen LogP contribution in [0.4, 0.5) is 0 Å². The fourth-order valence-corrected chi connectivity index (χ4v) is 4.26. The quantitative estimate of drug-likeness (QED) is 0.499. The third-order valence-corrected chi connectivity index (χ3v) is 7.01. The second-order valence-electron chi connectivity index (χ2n) is 9.72. The van der Waals surface area contributed by atoms with Crippen molar-refractivity contribution in [3.8, 4) is 5.75 Å². The van der Waals surface area contributed by atoms with Crippen molar-refractivity contribution >= 4 is 29.5 Å². The van der Waals surface area contributed by atoms with Crippen molar-refractivity contribution in [2.45, 2.75) is 52.4 Å². The van der Waals surface area contributed by atoms with E-state index in [-0.39, 0.29) is 17.9 Å². The zero-order chi connectivity index (χ0) is 24.7. The van der Waals surface area contributed by atoms with Crippen molar-refractivity contribution in [2.24, 2.45) is 0 Å². The van der Waals surface area contributed by atoms with Gasteiger partial charge in [0.05, 0.1) is 36.5 Å². The van der Waals surface area contributed by atoms with Crippen LogP contribution >= 0.6 is 0 Å². The van der Waals surface area contributed by atoms with E-state index in [2.05, 4.69) is 4.90 Å². The minimum atomic E-state index is -0.840. The van der Waals surface area contributed by atoms with Gasteiger partial charge in [0, 0.05) is 31.6 Å². The zero-order valence-corrected chi connectivity index (χ0v) is 20.6. The number of esters is 1. The highest BCUT2D eigenvalue weighted by molar-refractivity contribution is 6.62. The van der Waals surface area contributed by atoms with Gasteiger partial charge in [0.25, 0.3) is 5.56 Å². The van der Waals surface area contributed by atoms with Crippen LogP contribution in [-0.2, 0) is 25.3 Å². The maximum atomic E-state index is 13.3. The Hall–Kier alpha value is -2.40. The molecule has 2 aliphatic rings. The lowest BCUT2D eigenvalue weighted by Gasteiger charge is -2.32. The molecule has 1 N–H and O–H groups in total. The van der Waals surface area contributed by atoms with Crippen LogP contribution < -0.4 is 11.0 Å². The zero-order valence-electron chi connectivity index (χ0n) is 20.6. The topological polar surface area (TPSA) is 99.5 Å². The number of aromatic hydroxyl groups is 1. The van der Waals surface area contributed by atoms with Crippen LogP contribution in [0, 0.1) is 0 Å². The van der Waals surface area contributed by atoms with E-state index in [9.17, 15) is 14.7 Å². The molecule has 0 aliphatic carbocycles. The van der Waals surface area contributed by atoms with Crippen LogP contribution in [0.3, 0.4) is 0 Å². The van der Waals surface area contributed by atoms with Gasteiger partial charge in [-0.15, -0.1) is 0 Å². The number of rotatable bonds is 6. The molecule has 2 fully saturated rings. The molecule has 2 aliphatic heterocycles. The van der Waals surface area contributed by atoms with E-state index in [1.807, 2.05) is 33.8 Å². The highest BCUT2D eigenvalue weighted by Crippen LogP contribution is 2.37. The van der Waals surface area contributed by atoms with Gasteiger partial charge in [-0.3, -0.25) is 9.69 Å². The van der Waals surface area contributed by atoms with Gasteiger partial charge in [0.15, 0.2) is 5.56 Å². The van der Waals surface area contributed by atoms with Crippen LogP contribution in [0.5, 0.6) is 5.75 Å². The average Bonchev–Trinajstić information content (AvgIpc) is 3.01. The number of fused-ring (bicyclic) bond motifs is 1. The van der Waals surface area contributed by atoms with Crippen molar-refractivity contribution in [2.75, 3.05) is 39.5 Å². The number of carbonyl (C=O) groups is 1. The molecule has 1 aromatic carbocycles. The maximum Gasteiger partial charge on any atom is 0.494 e. The first-order chi connectivity index (χ1) is 16.1. The van der Waals surface area contributed by atoms with Crippen molar-refractivity contribution in [3.05, 3.63) is 34.1 Å². The van der Waals surface area contributed by atoms with Crippen molar-refractivity contribution < 1.29 is 28.7 Å². The molecule has 0 unspecified atom stereocenters. The Morgan fingerprint density at radius 3 is 2.38 bits per heavy atom. The number of morpholine rings is 1. The Kier molecular flexibility index (Phi) is 6.79. The van der Waals surface area contributed by atoms with E-state index in [1.54, 1.807) is 19.1 Å². The van der Waals surface area contributed by atoms with Gasteiger partial charge in [-0.1, -0.05) is 6.07 Å². The molecule has 10 heteroatoms. The Morgan fingerprint density at radius 1 is 1.12 bits per heavy atom. The van der Waals surface area contributed by atoms with Gasteiger partial charge < -0.3 is 28.5 Å². The number of nitrogens with zero attached hydrogens (tertiary/aromatic N) is 2. The molecule has 0 bridgehead atoms. The van der Waals surface area contributed by atoms with E-state index in [0.717, 1.165) is 13.1 Å². The molecule has 0 atom stereocenters. The number of aromatic nitrogens is 1. The highest BCUT2D eigenvalue weighted by Gasteiger charge is 2.51. The second kappa shape index (κ2) is 9.33. The molecule has 3 heterocycles. The molecule has 9 nitrogen and oxygen atoms in total.